The van der Waals surface area contributed by atoms with Crippen LogP contribution in [-0.4, -0.2) is 26.8 Å². The van der Waals surface area contributed by atoms with Gasteiger partial charge in [-0.25, -0.2) is 0 Å². The Hall–Kier alpha value is -1.56. The molecule has 0 aliphatic heterocycles. The molecule has 0 aromatic carbocycles. The quantitative estimate of drug-likeness (QED) is 0.782. The zero-order chi connectivity index (χ0) is 14.1. The lowest BCUT2D eigenvalue weighted by Gasteiger charge is -2.21. The van der Waals surface area contributed by atoms with Crippen LogP contribution < -0.4 is 5.73 Å². The van der Waals surface area contributed by atoms with Crippen LogP contribution in [0.2, 0.25) is 5.02 Å². The number of carbonyl (C=O) groups is 2. The van der Waals surface area contributed by atoms with E-state index in [2.05, 4.69) is 5.10 Å². The van der Waals surface area contributed by atoms with E-state index in [9.17, 15) is 9.59 Å². The van der Waals surface area contributed by atoms with Crippen LogP contribution >= 0.6 is 11.6 Å². The van der Waals surface area contributed by atoms with Gasteiger partial charge in [-0.1, -0.05) is 11.6 Å². The molecule has 0 radical (unpaired) electrons. The summed E-state index contributed by atoms with van der Waals surface area (Å²) in [5, 5.41) is 13.7. The zero-order valence-corrected chi connectivity index (χ0v) is 11.3. The lowest BCUT2D eigenvalue weighted by atomic mass is 9.84. The van der Waals surface area contributed by atoms with Crippen LogP contribution in [0.5, 0.6) is 0 Å². The van der Waals surface area contributed by atoms with Crippen molar-refractivity contribution in [1.82, 2.24) is 9.78 Å². The molecule has 6 nitrogen and oxygen atoms in total. The number of halogens is 1. The van der Waals surface area contributed by atoms with Crippen LogP contribution in [0.4, 0.5) is 0 Å². The van der Waals surface area contributed by atoms with Gasteiger partial charge >= 0.3 is 5.97 Å². The molecular formula is C11H16ClN3O3. The molecule has 0 saturated heterocycles. The van der Waals surface area contributed by atoms with E-state index in [4.69, 9.17) is 22.4 Å². The highest BCUT2D eigenvalue weighted by Crippen LogP contribution is 2.29. The first-order valence-corrected chi connectivity index (χ1v) is 5.87. The Labute approximate surface area is 110 Å². The minimum absolute atomic E-state index is 0.0782. The summed E-state index contributed by atoms with van der Waals surface area (Å²) < 4.78 is 1.59. The van der Waals surface area contributed by atoms with Gasteiger partial charge in [-0.3, -0.25) is 14.3 Å². The average Bonchev–Trinajstić information content (AvgIpc) is 2.55. The fraction of sp³-hybridized carbons (Fsp3) is 0.545. The van der Waals surface area contributed by atoms with E-state index < -0.39 is 17.3 Å². The highest BCUT2D eigenvalue weighted by molar-refractivity contribution is 6.32. The van der Waals surface area contributed by atoms with E-state index in [1.807, 2.05) is 6.92 Å². The number of aryl methyl sites for hydroxylation is 2. The van der Waals surface area contributed by atoms with Crippen LogP contribution in [-0.2, 0) is 22.6 Å². The SMILES string of the molecule is CCn1nc(C)c(Cl)c1CC(C)(C(N)=O)C(=O)O. The van der Waals surface area contributed by atoms with Crippen molar-refractivity contribution in [3.05, 3.63) is 16.4 Å². The zero-order valence-electron chi connectivity index (χ0n) is 10.5. The minimum Gasteiger partial charge on any atom is -0.480 e. The molecule has 0 spiro atoms. The first kappa shape index (κ1) is 14.5. The van der Waals surface area contributed by atoms with Gasteiger partial charge in [0.05, 0.1) is 16.4 Å². The van der Waals surface area contributed by atoms with Gasteiger partial charge < -0.3 is 10.8 Å². The predicted molar refractivity (Wildman–Crippen MR) is 66.3 cm³/mol. The normalized spacial score (nSPS) is 14.2. The van der Waals surface area contributed by atoms with Crippen LogP contribution in [0.15, 0.2) is 0 Å². The number of aromatic nitrogens is 2. The highest BCUT2D eigenvalue weighted by atomic mass is 35.5. The van der Waals surface area contributed by atoms with Gasteiger partial charge in [-0.05, 0) is 20.8 Å². The summed E-state index contributed by atoms with van der Waals surface area (Å²) >= 11 is 6.08. The maximum absolute atomic E-state index is 11.4. The third kappa shape index (κ3) is 2.33. The minimum atomic E-state index is -1.69. The third-order valence-corrected chi connectivity index (χ3v) is 3.48. The summed E-state index contributed by atoms with van der Waals surface area (Å²) in [5.41, 5.74) is 4.60. The monoisotopic (exact) mass is 273 g/mol. The number of carbonyl (C=O) groups excluding carboxylic acids is 1. The molecule has 7 heteroatoms. The molecule has 1 rings (SSSR count). The number of carboxylic acids is 1. The smallest absolute Gasteiger partial charge is 0.319 e. The molecule has 0 bridgehead atoms. The van der Waals surface area contributed by atoms with Crippen molar-refractivity contribution < 1.29 is 14.7 Å². The van der Waals surface area contributed by atoms with Gasteiger partial charge in [0.1, 0.15) is 5.41 Å². The van der Waals surface area contributed by atoms with Crippen molar-refractivity contribution >= 4 is 23.5 Å². The van der Waals surface area contributed by atoms with Crippen molar-refractivity contribution in [2.75, 3.05) is 0 Å². The molecule has 3 N–H and O–H groups in total. The summed E-state index contributed by atoms with van der Waals surface area (Å²) in [6, 6.07) is 0. The van der Waals surface area contributed by atoms with Gasteiger partial charge in [0.15, 0.2) is 0 Å². The Kier molecular flexibility index (Phi) is 4.01. The molecule has 1 amide bonds. The Bertz CT molecular complexity index is 482. The van der Waals surface area contributed by atoms with E-state index in [1.54, 1.807) is 11.6 Å². The first-order chi connectivity index (χ1) is 8.24. The molecule has 1 unspecified atom stereocenters. The van der Waals surface area contributed by atoms with Crippen LogP contribution in [0.1, 0.15) is 25.2 Å². The number of hydrogen-bond donors (Lipinski definition) is 2. The Morgan fingerprint density at radius 1 is 1.56 bits per heavy atom. The third-order valence-electron chi connectivity index (χ3n) is 2.99. The number of hydrogen-bond acceptors (Lipinski definition) is 3. The van der Waals surface area contributed by atoms with E-state index in [0.29, 0.717) is 23.0 Å². The van der Waals surface area contributed by atoms with E-state index in [1.165, 1.54) is 6.92 Å². The van der Waals surface area contributed by atoms with Gasteiger partial charge in [-0.15, -0.1) is 0 Å². The summed E-state index contributed by atoms with van der Waals surface area (Å²) in [6.07, 6.45) is -0.0782. The van der Waals surface area contributed by atoms with Crippen LogP contribution in [0.25, 0.3) is 0 Å². The fourth-order valence-corrected chi connectivity index (χ4v) is 1.84. The summed E-state index contributed by atoms with van der Waals surface area (Å²) in [7, 11) is 0. The number of carboxylic acid groups (broad SMARTS) is 1. The Morgan fingerprint density at radius 2 is 2.11 bits per heavy atom. The molecule has 0 aliphatic carbocycles. The second-order valence-corrected chi connectivity index (χ2v) is 4.72. The van der Waals surface area contributed by atoms with Gasteiger partial charge in [0, 0.05) is 13.0 Å². The summed E-state index contributed by atoms with van der Waals surface area (Å²) in [6.45, 7) is 5.41. The predicted octanol–water partition coefficient (Wildman–Crippen LogP) is 0.984. The maximum atomic E-state index is 11.4. The summed E-state index contributed by atoms with van der Waals surface area (Å²) in [4.78, 5) is 22.6. The first-order valence-electron chi connectivity index (χ1n) is 5.49. The number of nitrogens with two attached hydrogens (primary N) is 1. The van der Waals surface area contributed by atoms with Crippen molar-refractivity contribution in [3.63, 3.8) is 0 Å². The molecule has 0 saturated carbocycles. The van der Waals surface area contributed by atoms with Gasteiger partial charge in [0.2, 0.25) is 5.91 Å². The second kappa shape index (κ2) is 4.97. The van der Waals surface area contributed by atoms with Crippen molar-refractivity contribution in [3.8, 4) is 0 Å². The Balaban J connectivity index is 3.24. The Morgan fingerprint density at radius 3 is 2.50 bits per heavy atom. The van der Waals surface area contributed by atoms with Gasteiger partial charge in [-0.2, -0.15) is 5.10 Å². The van der Waals surface area contributed by atoms with E-state index in [-0.39, 0.29) is 6.42 Å². The molecule has 1 atom stereocenters. The molecule has 100 valence electrons. The summed E-state index contributed by atoms with van der Waals surface area (Å²) in [5.74, 6) is -2.17. The molecule has 1 aromatic heterocycles. The second-order valence-electron chi connectivity index (χ2n) is 4.34. The number of amides is 1. The number of nitrogens with zero attached hydrogens (tertiary/aromatic N) is 2. The molecule has 0 fully saturated rings. The van der Waals surface area contributed by atoms with Crippen LogP contribution in [0.3, 0.4) is 0 Å². The fourth-order valence-electron chi connectivity index (χ4n) is 1.64. The van der Waals surface area contributed by atoms with Gasteiger partial charge in [0.25, 0.3) is 0 Å². The number of primary amides is 1. The number of aliphatic carboxylic acids is 1. The standard InChI is InChI=1S/C11H16ClN3O3/c1-4-15-7(8(12)6(2)14-15)5-11(3,9(13)16)10(17)18/h4-5H2,1-3H3,(H2,13,16)(H,17,18). The largest absolute Gasteiger partial charge is 0.480 e. The molecule has 0 aliphatic rings. The van der Waals surface area contributed by atoms with E-state index in [0.717, 1.165) is 0 Å². The average molecular weight is 274 g/mol. The number of rotatable bonds is 5. The maximum Gasteiger partial charge on any atom is 0.319 e. The van der Waals surface area contributed by atoms with Crippen LogP contribution in [0, 0.1) is 12.3 Å². The lowest BCUT2D eigenvalue weighted by Crippen LogP contribution is -2.43. The molecular weight excluding hydrogens is 258 g/mol. The molecule has 1 heterocycles. The molecule has 18 heavy (non-hydrogen) atoms. The molecule has 1 aromatic rings. The lowest BCUT2D eigenvalue weighted by molar-refractivity contribution is -0.153. The van der Waals surface area contributed by atoms with Crippen molar-refractivity contribution in [2.24, 2.45) is 11.1 Å². The van der Waals surface area contributed by atoms with Crippen molar-refractivity contribution in [2.45, 2.75) is 33.7 Å². The van der Waals surface area contributed by atoms with E-state index >= 15 is 0 Å². The van der Waals surface area contributed by atoms with Crippen molar-refractivity contribution in [1.29, 1.82) is 0 Å². The topological polar surface area (TPSA) is 98.2 Å². The highest BCUT2D eigenvalue weighted by Gasteiger charge is 2.41.